The number of fused-ring (bicyclic) bond motifs is 1. The minimum absolute atomic E-state index is 0.00214. The Morgan fingerprint density at radius 1 is 0.912 bits per heavy atom. The summed E-state index contributed by atoms with van der Waals surface area (Å²) in [6.45, 7) is 1.69. The number of benzene rings is 3. The molecule has 0 aliphatic heterocycles. The van der Waals surface area contributed by atoms with E-state index in [1.54, 1.807) is 31.3 Å². The molecule has 7 nitrogen and oxygen atoms in total. The lowest BCUT2D eigenvalue weighted by Gasteiger charge is -2.25. The van der Waals surface area contributed by atoms with Gasteiger partial charge in [-0.1, -0.05) is 78.9 Å². The lowest BCUT2D eigenvalue weighted by atomic mass is 10.1. The molecule has 0 saturated heterocycles. The number of likely N-dealkylation sites (N-methyl/N-ethyl adjacent to an activating group) is 1. The lowest BCUT2D eigenvalue weighted by molar-refractivity contribution is -0.135. The number of ether oxygens (including phenoxy) is 1. The Morgan fingerprint density at radius 2 is 1.50 bits per heavy atom. The largest absolute Gasteiger partial charge is 0.451 e. The first-order valence-electron chi connectivity index (χ1n) is 11.0. The molecule has 1 aromatic heterocycles. The summed E-state index contributed by atoms with van der Waals surface area (Å²) in [6.07, 6.45) is 0. The highest BCUT2D eigenvalue weighted by Crippen LogP contribution is 2.19. The van der Waals surface area contributed by atoms with Crippen LogP contribution >= 0.6 is 0 Å². The topological polar surface area (TPSA) is 81.5 Å². The fraction of sp³-hybridized carbons (Fsp3) is 0.185. The highest BCUT2D eigenvalue weighted by Gasteiger charge is 2.22. The van der Waals surface area contributed by atoms with Crippen molar-refractivity contribution in [3.8, 4) is 0 Å². The molecule has 1 amide bonds. The molecule has 1 heterocycles. The minimum atomic E-state index is -0.757. The van der Waals surface area contributed by atoms with Crippen molar-refractivity contribution in [2.45, 2.75) is 19.5 Å². The van der Waals surface area contributed by atoms with Crippen molar-refractivity contribution in [2.24, 2.45) is 0 Å². The van der Waals surface area contributed by atoms with Crippen LogP contribution in [0.2, 0.25) is 0 Å². The van der Waals surface area contributed by atoms with E-state index in [1.165, 1.54) is 9.58 Å². The average molecular weight is 456 g/mol. The summed E-state index contributed by atoms with van der Waals surface area (Å²) in [7, 11) is 1.67. The van der Waals surface area contributed by atoms with Gasteiger partial charge in [-0.15, -0.1) is 0 Å². The van der Waals surface area contributed by atoms with Gasteiger partial charge in [-0.05, 0) is 24.1 Å². The summed E-state index contributed by atoms with van der Waals surface area (Å²) >= 11 is 0. The molecule has 0 aliphatic carbocycles. The van der Waals surface area contributed by atoms with Gasteiger partial charge in [-0.25, -0.2) is 9.48 Å². The molecule has 7 heteroatoms. The number of carbonyl (C=O) groups excluding carboxylic acids is 2. The standard InChI is InChI=1S/C27H25N3O4/c1-19(21-13-7-4-8-14-21)29(2)24(31)18-34-27(33)25-22-15-9-10-16-23(22)26(32)30(28-25)17-20-11-5-3-6-12-20/h3-16,19H,17-18H2,1-2H3. The van der Waals surface area contributed by atoms with E-state index in [4.69, 9.17) is 4.74 Å². The van der Waals surface area contributed by atoms with E-state index in [-0.39, 0.29) is 29.7 Å². The van der Waals surface area contributed by atoms with Crippen LogP contribution in [0.4, 0.5) is 0 Å². The van der Waals surface area contributed by atoms with Gasteiger partial charge in [0, 0.05) is 12.4 Å². The molecule has 0 bridgehead atoms. The van der Waals surface area contributed by atoms with E-state index in [1.807, 2.05) is 67.6 Å². The monoisotopic (exact) mass is 455 g/mol. The Kier molecular flexibility index (Phi) is 6.82. The molecule has 0 fully saturated rings. The second-order valence-corrected chi connectivity index (χ2v) is 8.01. The number of esters is 1. The first-order valence-corrected chi connectivity index (χ1v) is 11.0. The van der Waals surface area contributed by atoms with Crippen LogP contribution in [-0.4, -0.2) is 40.2 Å². The van der Waals surface area contributed by atoms with Gasteiger partial charge in [0.2, 0.25) is 0 Å². The maximum absolute atomic E-state index is 13.0. The molecule has 34 heavy (non-hydrogen) atoms. The first kappa shape index (κ1) is 22.9. The molecule has 0 spiro atoms. The molecular weight excluding hydrogens is 430 g/mol. The number of aromatic nitrogens is 2. The van der Waals surface area contributed by atoms with Crippen molar-refractivity contribution in [3.05, 3.63) is 112 Å². The van der Waals surface area contributed by atoms with Crippen molar-refractivity contribution >= 4 is 22.6 Å². The molecule has 0 N–H and O–H groups in total. The van der Waals surface area contributed by atoms with Gasteiger partial charge >= 0.3 is 5.97 Å². The SMILES string of the molecule is CC(c1ccccc1)N(C)C(=O)COC(=O)c1nn(Cc2ccccc2)c(=O)c2ccccc12. The molecule has 3 aromatic carbocycles. The van der Waals surface area contributed by atoms with Crippen LogP contribution in [0.1, 0.15) is 34.6 Å². The average Bonchev–Trinajstić information content (AvgIpc) is 2.89. The Balaban J connectivity index is 1.55. The number of rotatable bonds is 7. The van der Waals surface area contributed by atoms with E-state index in [0.717, 1.165) is 11.1 Å². The molecule has 1 unspecified atom stereocenters. The van der Waals surface area contributed by atoms with E-state index in [0.29, 0.717) is 10.8 Å². The summed E-state index contributed by atoms with van der Waals surface area (Å²) < 4.78 is 6.59. The van der Waals surface area contributed by atoms with Crippen molar-refractivity contribution in [3.63, 3.8) is 0 Å². The van der Waals surface area contributed by atoms with Crippen LogP contribution in [0.15, 0.2) is 89.7 Å². The second-order valence-electron chi connectivity index (χ2n) is 8.01. The smallest absolute Gasteiger partial charge is 0.359 e. The first-order chi connectivity index (χ1) is 16.5. The van der Waals surface area contributed by atoms with E-state index >= 15 is 0 Å². The molecular formula is C27H25N3O4. The Labute approximate surface area is 197 Å². The minimum Gasteiger partial charge on any atom is -0.451 e. The molecule has 4 aromatic rings. The summed E-state index contributed by atoms with van der Waals surface area (Å²) in [5.41, 5.74) is 1.55. The predicted molar refractivity (Wildman–Crippen MR) is 129 cm³/mol. The number of nitrogens with zero attached hydrogens (tertiary/aromatic N) is 3. The Morgan fingerprint density at radius 3 is 2.18 bits per heavy atom. The zero-order chi connectivity index (χ0) is 24.1. The number of amides is 1. The van der Waals surface area contributed by atoms with Crippen molar-refractivity contribution < 1.29 is 14.3 Å². The van der Waals surface area contributed by atoms with Crippen LogP contribution in [-0.2, 0) is 16.1 Å². The number of hydrogen-bond acceptors (Lipinski definition) is 5. The quantitative estimate of drug-likeness (QED) is 0.396. The molecule has 0 radical (unpaired) electrons. The van der Waals surface area contributed by atoms with E-state index < -0.39 is 12.6 Å². The van der Waals surface area contributed by atoms with Gasteiger partial charge in [0.1, 0.15) is 0 Å². The predicted octanol–water partition coefficient (Wildman–Crippen LogP) is 3.82. The zero-order valence-electron chi connectivity index (χ0n) is 19.0. The molecule has 0 saturated carbocycles. The summed E-state index contributed by atoms with van der Waals surface area (Å²) in [5, 5.41) is 5.06. The van der Waals surface area contributed by atoms with Crippen LogP contribution in [0, 0.1) is 0 Å². The van der Waals surface area contributed by atoms with Gasteiger partial charge < -0.3 is 9.64 Å². The van der Waals surface area contributed by atoms with Crippen molar-refractivity contribution in [1.29, 1.82) is 0 Å². The van der Waals surface area contributed by atoms with Crippen molar-refractivity contribution in [1.82, 2.24) is 14.7 Å². The highest BCUT2D eigenvalue weighted by atomic mass is 16.5. The summed E-state index contributed by atoms with van der Waals surface area (Å²) in [4.78, 5) is 40.2. The fourth-order valence-corrected chi connectivity index (χ4v) is 3.72. The maximum Gasteiger partial charge on any atom is 0.359 e. The molecule has 0 aliphatic rings. The van der Waals surface area contributed by atoms with Gasteiger partial charge in [-0.3, -0.25) is 9.59 Å². The Bertz CT molecular complexity index is 1370. The summed E-state index contributed by atoms with van der Waals surface area (Å²) in [5.74, 6) is -1.10. The highest BCUT2D eigenvalue weighted by molar-refractivity contribution is 6.02. The summed E-state index contributed by atoms with van der Waals surface area (Å²) in [6, 6.07) is 25.6. The van der Waals surface area contributed by atoms with Crippen LogP contribution in [0.25, 0.3) is 10.8 Å². The van der Waals surface area contributed by atoms with Gasteiger partial charge in [0.25, 0.3) is 11.5 Å². The Hall–Kier alpha value is -4.26. The molecule has 4 rings (SSSR count). The van der Waals surface area contributed by atoms with E-state index in [2.05, 4.69) is 5.10 Å². The third-order valence-corrected chi connectivity index (χ3v) is 5.82. The second kappa shape index (κ2) is 10.1. The van der Waals surface area contributed by atoms with Gasteiger partial charge in [0.05, 0.1) is 18.0 Å². The van der Waals surface area contributed by atoms with Crippen molar-refractivity contribution in [2.75, 3.05) is 13.7 Å². The normalized spacial score (nSPS) is 11.7. The third-order valence-electron chi connectivity index (χ3n) is 5.82. The number of carbonyl (C=O) groups is 2. The van der Waals surface area contributed by atoms with Crippen LogP contribution in [0.3, 0.4) is 0 Å². The fourth-order valence-electron chi connectivity index (χ4n) is 3.72. The third kappa shape index (κ3) is 4.88. The molecule has 172 valence electrons. The maximum atomic E-state index is 13.0. The zero-order valence-corrected chi connectivity index (χ0v) is 19.0. The lowest BCUT2D eigenvalue weighted by Crippen LogP contribution is -2.34. The van der Waals surface area contributed by atoms with Crippen LogP contribution < -0.4 is 5.56 Å². The number of hydrogen-bond donors (Lipinski definition) is 0. The molecule has 1 atom stereocenters. The van der Waals surface area contributed by atoms with Gasteiger partial charge in [-0.2, -0.15) is 5.10 Å². The van der Waals surface area contributed by atoms with Gasteiger partial charge in [0.15, 0.2) is 12.3 Å². The van der Waals surface area contributed by atoms with E-state index in [9.17, 15) is 14.4 Å². The van der Waals surface area contributed by atoms with Crippen LogP contribution in [0.5, 0.6) is 0 Å².